The van der Waals surface area contributed by atoms with E-state index in [1.54, 1.807) is 18.2 Å². The quantitative estimate of drug-likeness (QED) is 0.516. The highest BCUT2D eigenvalue weighted by atomic mass is 35.5. The van der Waals surface area contributed by atoms with E-state index in [2.05, 4.69) is 15.5 Å². The predicted octanol–water partition coefficient (Wildman–Crippen LogP) is 4.61. The van der Waals surface area contributed by atoms with Crippen LogP contribution in [0, 0.1) is 0 Å². The largest absolute Gasteiger partial charge is 0.478 e. The van der Waals surface area contributed by atoms with Gasteiger partial charge in [0.05, 0.1) is 17.5 Å². The van der Waals surface area contributed by atoms with Crippen LogP contribution >= 0.6 is 22.9 Å². The van der Waals surface area contributed by atoms with Crippen molar-refractivity contribution in [2.75, 3.05) is 5.43 Å². The van der Waals surface area contributed by atoms with Gasteiger partial charge >= 0.3 is 5.97 Å². The van der Waals surface area contributed by atoms with E-state index in [1.165, 1.54) is 23.6 Å². The van der Waals surface area contributed by atoms with E-state index in [4.69, 9.17) is 16.7 Å². The van der Waals surface area contributed by atoms with Gasteiger partial charge in [0.2, 0.25) is 5.13 Å². The van der Waals surface area contributed by atoms with Gasteiger partial charge in [-0.3, -0.25) is 5.43 Å². The zero-order valence-electron chi connectivity index (χ0n) is 12.3. The van der Waals surface area contributed by atoms with Crippen molar-refractivity contribution in [2.24, 2.45) is 5.10 Å². The van der Waals surface area contributed by atoms with Gasteiger partial charge in [-0.15, -0.1) is 11.3 Å². The molecule has 1 aromatic heterocycles. The van der Waals surface area contributed by atoms with Crippen LogP contribution in [0.1, 0.15) is 15.9 Å². The minimum atomic E-state index is -0.993. The highest BCUT2D eigenvalue weighted by Crippen LogP contribution is 2.30. The molecule has 24 heavy (non-hydrogen) atoms. The van der Waals surface area contributed by atoms with Crippen molar-refractivity contribution < 1.29 is 9.90 Å². The smallest absolute Gasteiger partial charge is 0.336 e. The third kappa shape index (κ3) is 3.61. The molecule has 1 heterocycles. The zero-order chi connectivity index (χ0) is 16.9. The number of hydrogen-bond donors (Lipinski definition) is 2. The first-order valence-electron chi connectivity index (χ1n) is 6.97. The number of hydrazone groups is 1. The Labute approximate surface area is 147 Å². The fourth-order valence-corrected chi connectivity index (χ4v) is 2.97. The molecule has 0 aliphatic heterocycles. The molecule has 0 unspecified atom stereocenters. The number of benzene rings is 2. The van der Waals surface area contributed by atoms with E-state index < -0.39 is 5.97 Å². The Hall–Kier alpha value is -2.70. The summed E-state index contributed by atoms with van der Waals surface area (Å²) in [5, 5.41) is 16.3. The maximum Gasteiger partial charge on any atom is 0.336 e. The van der Waals surface area contributed by atoms with E-state index in [0.717, 1.165) is 11.3 Å². The van der Waals surface area contributed by atoms with Crippen LogP contribution in [0.4, 0.5) is 5.13 Å². The maximum absolute atomic E-state index is 11.1. The minimum Gasteiger partial charge on any atom is -0.478 e. The third-order valence-corrected chi connectivity index (χ3v) is 4.29. The van der Waals surface area contributed by atoms with Gasteiger partial charge in [-0.05, 0) is 12.1 Å². The van der Waals surface area contributed by atoms with Crippen LogP contribution in [0.3, 0.4) is 0 Å². The van der Waals surface area contributed by atoms with Crippen molar-refractivity contribution in [3.8, 4) is 11.3 Å². The second kappa shape index (κ2) is 7.25. The van der Waals surface area contributed by atoms with Gasteiger partial charge in [-0.1, -0.05) is 48.0 Å². The lowest BCUT2D eigenvalue weighted by atomic mass is 10.1. The van der Waals surface area contributed by atoms with Crippen molar-refractivity contribution in [2.45, 2.75) is 0 Å². The van der Waals surface area contributed by atoms with Crippen LogP contribution in [0.2, 0.25) is 5.02 Å². The highest BCUT2D eigenvalue weighted by Gasteiger charge is 2.08. The first-order chi connectivity index (χ1) is 11.6. The van der Waals surface area contributed by atoms with Crippen molar-refractivity contribution in [1.82, 2.24) is 4.98 Å². The molecule has 0 atom stereocenters. The van der Waals surface area contributed by atoms with Crippen molar-refractivity contribution in [3.05, 3.63) is 70.1 Å². The molecule has 0 aliphatic carbocycles. The lowest BCUT2D eigenvalue weighted by Crippen LogP contribution is -2.02. The summed E-state index contributed by atoms with van der Waals surface area (Å²) >= 11 is 7.55. The van der Waals surface area contributed by atoms with E-state index >= 15 is 0 Å². The zero-order valence-corrected chi connectivity index (χ0v) is 13.9. The number of hydrogen-bond acceptors (Lipinski definition) is 5. The van der Waals surface area contributed by atoms with Crippen LogP contribution in [0.5, 0.6) is 0 Å². The fourth-order valence-electron chi connectivity index (χ4n) is 2.08. The molecule has 0 saturated heterocycles. The molecule has 120 valence electrons. The lowest BCUT2D eigenvalue weighted by Gasteiger charge is -2.00. The van der Waals surface area contributed by atoms with Gasteiger partial charge in [0, 0.05) is 21.5 Å². The van der Waals surface area contributed by atoms with Gasteiger partial charge in [-0.2, -0.15) is 5.10 Å². The summed E-state index contributed by atoms with van der Waals surface area (Å²) in [5.74, 6) is -0.993. The molecule has 0 amide bonds. The number of rotatable bonds is 5. The number of aromatic carboxylic acids is 1. The van der Waals surface area contributed by atoms with Crippen molar-refractivity contribution >= 4 is 40.3 Å². The van der Waals surface area contributed by atoms with Crippen molar-refractivity contribution in [1.29, 1.82) is 0 Å². The molecule has 7 heteroatoms. The number of carboxylic acid groups (broad SMARTS) is 1. The molecule has 3 aromatic rings. The van der Waals surface area contributed by atoms with Gasteiger partial charge in [0.25, 0.3) is 0 Å². The van der Waals surface area contributed by atoms with Gasteiger partial charge in [-0.25, -0.2) is 9.78 Å². The SMILES string of the molecule is O=C(O)c1ccccc1C=NNc1nc(-c2ccccc2Cl)cs1. The monoisotopic (exact) mass is 357 g/mol. The molecule has 0 radical (unpaired) electrons. The van der Waals surface area contributed by atoms with E-state index in [-0.39, 0.29) is 5.56 Å². The predicted molar refractivity (Wildman–Crippen MR) is 97.2 cm³/mol. The Balaban J connectivity index is 1.75. The number of carboxylic acids is 1. The Bertz CT molecular complexity index is 908. The van der Waals surface area contributed by atoms with Crippen LogP contribution in [0.25, 0.3) is 11.3 Å². The standard InChI is InChI=1S/C17H12ClN3O2S/c18-14-8-4-3-7-13(14)15-10-24-17(20-15)21-19-9-11-5-1-2-6-12(11)16(22)23/h1-10H,(H,20,21)(H,22,23). The van der Waals surface area contributed by atoms with Crippen LogP contribution < -0.4 is 5.43 Å². The third-order valence-electron chi connectivity index (χ3n) is 3.21. The number of halogens is 1. The van der Waals surface area contributed by atoms with Gasteiger partial charge < -0.3 is 5.11 Å². The molecule has 0 fully saturated rings. The molecular weight excluding hydrogens is 346 g/mol. The van der Waals surface area contributed by atoms with E-state index in [0.29, 0.717) is 15.7 Å². The minimum absolute atomic E-state index is 0.193. The van der Waals surface area contributed by atoms with Gasteiger partial charge in [0.15, 0.2) is 0 Å². The van der Waals surface area contributed by atoms with E-state index in [9.17, 15) is 4.79 Å². The normalized spacial score (nSPS) is 10.9. The lowest BCUT2D eigenvalue weighted by molar-refractivity contribution is 0.0697. The molecular formula is C17H12ClN3O2S. The van der Waals surface area contributed by atoms with Crippen LogP contribution in [-0.2, 0) is 0 Å². The number of nitrogens with one attached hydrogen (secondary N) is 1. The summed E-state index contributed by atoms with van der Waals surface area (Å²) in [5.41, 5.74) is 5.13. The number of anilines is 1. The first-order valence-corrected chi connectivity index (χ1v) is 8.23. The second-order valence-corrected chi connectivity index (χ2v) is 6.05. The summed E-state index contributed by atoms with van der Waals surface area (Å²) < 4.78 is 0. The molecule has 0 saturated carbocycles. The molecule has 0 spiro atoms. The number of nitrogens with zero attached hydrogens (tertiary/aromatic N) is 2. The summed E-state index contributed by atoms with van der Waals surface area (Å²) in [7, 11) is 0. The topological polar surface area (TPSA) is 74.6 Å². The Morgan fingerprint density at radius 2 is 1.96 bits per heavy atom. The van der Waals surface area contributed by atoms with Crippen LogP contribution in [-0.4, -0.2) is 22.3 Å². The van der Waals surface area contributed by atoms with Gasteiger partial charge in [0.1, 0.15) is 0 Å². The summed E-state index contributed by atoms with van der Waals surface area (Å²) in [6.45, 7) is 0. The van der Waals surface area contributed by atoms with E-state index in [1.807, 2.05) is 29.6 Å². The molecule has 5 nitrogen and oxygen atoms in total. The Morgan fingerprint density at radius 3 is 2.75 bits per heavy atom. The maximum atomic E-state index is 11.1. The van der Waals surface area contributed by atoms with Crippen molar-refractivity contribution in [3.63, 3.8) is 0 Å². The molecule has 3 rings (SSSR count). The first kappa shape index (κ1) is 16.2. The summed E-state index contributed by atoms with van der Waals surface area (Å²) in [4.78, 5) is 15.6. The number of carbonyl (C=O) groups is 1. The average molecular weight is 358 g/mol. The summed E-state index contributed by atoms with van der Waals surface area (Å²) in [6, 6.07) is 14.1. The molecule has 2 aromatic carbocycles. The highest BCUT2D eigenvalue weighted by molar-refractivity contribution is 7.14. The average Bonchev–Trinajstić information content (AvgIpc) is 3.04. The molecule has 2 N–H and O–H groups in total. The fraction of sp³-hybridized carbons (Fsp3) is 0. The molecule has 0 aliphatic rings. The summed E-state index contributed by atoms with van der Waals surface area (Å²) in [6.07, 6.45) is 1.46. The second-order valence-electron chi connectivity index (χ2n) is 4.78. The van der Waals surface area contributed by atoms with Crippen LogP contribution in [0.15, 0.2) is 59.0 Å². The Kier molecular flexibility index (Phi) is 4.88. The number of aromatic nitrogens is 1. The number of thiazole rings is 1. The Morgan fingerprint density at radius 1 is 1.21 bits per heavy atom. The molecule has 0 bridgehead atoms.